The lowest BCUT2D eigenvalue weighted by Gasteiger charge is -2.21. The first-order valence-corrected chi connectivity index (χ1v) is 14.0. The molecule has 0 spiro atoms. The highest BCUT2D eigenvalue weighted by molar-refractivity contribution is 5.88. The Kier molecular flexibility index (Phi) is 12.9. The molecule has 0 heterocycles. The van der Waals surface area contributed by atoms with Gasteiger partial charge in [0.1, 0.15) is 5.75 Å². The van der Waals surface area contributed by atoms with Gasteiger partial charge < -0.3 is 24.4 Å². The summed E-state index contributed by atoms with van der Waals surface area (Å²) in [6.07, 6.45) is 7.56. The number of aryl methyl sites for hydroxylation is 2. The fourth-order valence-electron chi connectivity index (χ4n) is 4.59. The van der Waals surface area contributed by atoms with E-state index in [4.69, 9.17) is 19.3 Å². The molecule has 1 unspecified atom stereocenters. The standard InChI is InChI=1S/C33H40O7/c1-38-31-24-27(33(36)37)20-22-30(31)40-28(16-8-10-18-32(34)35)21-19-26-15-7-9-17-29(26)39-23-11-3-6-14-25-12-4-2-5-13-25/h2,4-5,7,9,12-13,15,17,20,22,24,28H,3,6,8,10-11,14,16,18-19,21,23H2,1H3,(H,34,35)(H,36,37). The minimum atomic E-state index is -1.04. The van der Waals surface area contributed by atoms with Gasteiger partial charge in [-0.3, -0.25) is 4.79 Å². The number of methoxy groups -OCH3 is 1. The number of carboxylic acids is 2. The molecule has 0 fully saturated rings. The van der Waals surface area contributed by atoms with Gasteiger partial charge in [-0.2, -0.15) is 0 Å². The van der Waals surface area contributed by atoms with Crippen LogP contribution in [-0.2, 0) is 17.6 Å². The van der Waals surface area contributed by atoms with Gasteiger partial charge in [0.15, 0.2) is 11.5 Å². The van der Waals surface area contributed by atoms with Crippen LogP contribution in [0.5, 0.6) is 17.2 Å². The van der Waals surface area contributed by atoms with E-state index in [0.717, 1.165) is 43.4 Å². The summed E-state index contributed by atoms with van der Waals surface area (Å²) in [6, 6.07) is 23.1. The van der Waals surface area contributed by atoms with Gasteiger partial charge in [0.05, 0.1) is 25.4 Å². The maximum Gasteiger partial charge on any atom is 0.335 e. The average Bonchev–Trinajstić information content (AvgIpc) is 2.96. The van der Waals surface area contributed by atoms with Crippen LogP contribution in [-0.4, -0.2) is 42.0 Å². The smallest absolute Gasteiger partial charge is 0.335 e. The Hall–Kier alpha value is -4.00. The number of unbranched alkanes of at least 4 members (excludes halogenated alkanes) is 3. The van der Waals surface area contributed by atoms with E-state index in [1.807, 2.05) is 24.3 Å². The lowest BCUT2D eigenvalue weighted by molar-refractivity contribution is -0.137. The van der Waals surface area contributed by atoms with Gasteiger partial charge in [-0.25, -0.2) is 4.79 Å². The zero-order valence-electron chi connectivity index (χ0n) is 23.2. The zero-order valence-corrected chi connectivity index (χ0v) is 23.2. The van der Waals surface area contributed by atoms with E-state index in [0.29, 0.717) is 43.8 Å². The van der Waals surface area contributed by atoms with E-state index >= 15 is 0 Å². The van der Waals surface area contributed by atoms with E-state index in [9.17, 15) is 14.7 Å². The van der Waals surface area contributed by atoms with Crippen LogP contribution in [0.2, 0.25) is 0 Å². The highest BCUT2D eigenvalue weighted by Crippen LogP contribution is 2.31. The molecule has 0 aliphatic rings. The Morgan fingerprint density at radius 2 is 1.52 bits per heavy atom. The van der Waals surface area contributed by atoms with Crippen molar-refractivity contribution in [1.29, 1.82) is 0 Å². The van der Waals surface area contributed by atoms with Gasteiger partial charge in [0.25, 0.3) is 0 Å². The van der Waals surface area contributed by atoms with Crippen molar-refractivity contribution in [3.63, 3.8) is 0 Å². The molecule has 7 heteroatoms. The molecular formula is C33H40O7. The molecule has 0 amide bonds. The molecule has 40 heavy (non-hydrogen) atoms. The summed E-state index contributed by atoms with van der Waals surface area (Å²) < 4.78 is 17.8. The van der Waals surface area contributed by atoms with Crippen molar-refractivity contribution < 1.29 is 34.0 Å². The number of benzene rings is 3. The Labute approximate surface area is 236 Å². The topological polar surface area (TPSA) is 102 Å². The summed E-state index contributed by atoms with van der Waals surface area (Å²) in [5.41, 5.74) is 2.58. The normalized spacial score (nSPS) is 11.5. The van der Waals surface area contributed by atoms with E-state index in [1.165, 1.54) is 24.8 Å². The summed E-state index contributed by atoms with van der Waals surface area (Å²) in [4.78, 5) is 22.3. The van der Waals surface area contributed by atoms with Gasteiger partial charge in [-0.15, -0.1) is 0 Å². The van der Waals surface area contributed by atoms with Crippen LogP contribution in [0.3, 0.4) is 0 Å². The second-order valence-corrected chi connectivity index (χ2v) is 9.84. The molecule has 2 N–H and O–H groups in total. The molecule has 0 aliphatic carbocycles. The number of aromatic carboxylic acids is 1. The van der Waals surface area contributed by atoms with E-state index in [-0.39, 0.29) is 18.1 Å². The molecule has 0 aliphatic heterocycles. The fourth-order valence-corrected chi connectivity index (χ4v) is 4.59. The first kappa shape index (κ1) is 30.5. The van der Waals surface area contributed by atoms with Crippen molar-refractivity contribution in [2.24, 2.45) is 0 Å². The summed E-state index contributed by atoms with van der Waals surface area (Å²) >= 11 is 0. The minimum absolute atomic E-state index is 0.116. The average molecular weight is 549 g/mol. The van der Waals surface area contributed by atoms with Crippen LogP contribution < -0.4 is 14.2 Å². The van der Waals surface area contributed by atoms with Crippen LogP contribution in [0, 0.1) is 0 Å². The zero-order chi connectivity index (χ0) is 28.6. The van der Waals surface area contributed by atoms with Crippen LogP contribution in [0.4, 0.5) is 0 Å². The number of carbonyl (C=O) groups is 2. The Bertz CT molecular complexity index is 1190. The molecule has 0 saturated carbocycles. The monoisotopic (exact) mass is 548 g/mol. The number of carboxylic acid groups (broad SMARTS) is 2. The predicted octanol–water partition coefficient (Wildman–Crippen LogP) is 7.21. The summed E-state index contributed by atoms with van der Waals surface area (Å²) in [6.45, 7) is 0.661. The first-order valence-electron chi connectivity index (χ1n) is 14.0. The number of hydrogen-bond donors (Lipinski definition) is 2. The largest absolute Gasteiger partial charge is 0.493 e. The van der Waals surface area contributed by atoms with E-state index in [2.05, 4.69) is 30.3 Å². The Balaban J connectivity index is 1.56. The van der Waals surface area contributed by atoms with Crippen LogP contribution in [0.15, 0.2) is 72.8 Å². The van der Waals surface area contributed by atoms with Crippen molar-refractivity contribution in [2.75, 3.05) is 13.7 Å². The van der Waals surface area contributed by atoms with Crippen molar-refractivity contribution >= 4 is 11.9 Å². The molecule has 3 aromatic carbocycles. The summed E-state index contributed by atoms with van der Waals surface area (Å²) in [5.74, 6) is -0.154. The molecule has 0 saturated heterocycles. The predicted molar refractivity (Wildman–Crippen MR) is 155 cm³/mol. The lowest BCUT2D eigenvalue weighted by atomic mass is 10.0. The van der Waals surface area contributed by atoms with Gasteiger partial charge in [-0.1, -0.05) is 48.5 Å². The van der Waals surface area contributed by atoms with Gasteiger partial charge >= 0.3 is 11.9 Å². The molecule has 0 radical (unpaired) electrons. The quantitative estimate of drug-likeness (QED) is 0.153. The van der Waals surface area contributed by atoms with Crippen LogP contribution in [0.25, 0.3) is 0 Å². The maximum absolute atomic E-state index is 11.4. The van der Waals surface area contributed by atoms with Crippen LogP contribution in [0.1, 0.15) is 72.9 Å². The highest BCUT2D eigenvalue weighted by atomic mass is 16.5. The van der Waals surface area contributed by atoms with Crippen LogP contribution >= 0.6 is 0 Å². The SMILES string of the molecule is COc1cc(C(=O)O)ccc1OC(CCCCC(=O)O)CCc1ccccc1OCCCCCc1ccccc1. The molecule has 0 aromatic heterocycles. The summed E-state index contributed by atoms with van der Waals surface area (Å²) in [5, 5.41) is 18.3. The molecular weight excluding hydrogens is 508 g/mol. The third-order valence-corrected chi connectivity index (χ3v) is 6.79. The van der Waals surface area contributed by atoms with Crippen molar-refractivity contribution in [1.82, 2.24) is 0 Å². The fraction of sp³-hybridized carbons (Fsp3) is 0.394. The number of para-hydroxylation sites is 1. The van der Waals surface area contributed by atoms with Crippen molar-refractivity contribution in [3.8, 4) is 17.2 Å². The number of ether oxygens (including phenoxy) is 3. The summed E-state index contributed by atoms with van der Waals surface area (Å²) in [7, 11) is 1.48. The van der Waals surface area contributed by atoms with Gasteiger partial charge in [0.2, 0.25) is 0 Å². The highest BCUT2D eigenvalue weighted by Gasteiger charge is 2.17. The van der Waals surface area contributed by atoms with Gasteiger partial charge in [-0.05, 0) is 93.2 Å². The van der Waals surface area contributed by atoms with Gasteiger partial charge in [0, 0.05) is 6.42 Å². The number of aliphatic carboxylic acids is 1. The molecule has 3 rings (SSSR count). The van der Waals surface area contributed by atoms with E-state index < -0.39 is 11.9 Å². The minimum Gasteiger partial charge on any atom is -0.493 e. The second kappa shape index (κ2) is 16.9. The molecule has 0 bridgehead atoms. The molecule has 3 aromatic rings. The number of hydrogen-bond acceptors (Lipinski definition) is 5. The number of rotatable bonds is 19. The lowest BCUT2D eigenvalue weighted by Crippen LogP contribution is -2.18. The van der Waals surface area contributed by atoms with Crippen molar-refractivity contribution in [3.05, 3.63) is 89.5 Å². The molecule has 7 nitrogen and oxygen atoms in total. The molecule has 1 atom stereocenters. The molecule has 214 valence electrons. The third-order valence-electron chi connectivity index (χ3n) is 6.79. The first-order chi connectivity index (χ1) is 19.5. The third kappa shape index (κ3) is 10.6. The van der Waals surface area contributed by atoms with E-state index in [1.54, 1.807) is 6.07 Å². The Morgan fingerprint density at radius 3 is 2.27 bits per heavy atom. The van der Waals surface area contributed by atoms with Crippen molar-refractivity contribution in [2.45, 2.75) is 70.3 Å². The Morgan fingerprint density at radius 1 is 0.750 bits per heavy atom. The maximum atomic E-state index is 11.4. The second-order valence-electron chi connectivity index (χ2n) is 9.84.